The second kappa shape index (κ2) is 7.78. The number of aryl methyl sites for hydroxylation is 1. The summed E-state index contributed by atoms with van der Waals surface area (Å²) in [5.74, 6) is -0.0934. The molecule has 6 heteroatoms. The van der Waals surface area contributed by atoms with E-state index in [1.165, 1.54) is 0 Å². The Morgan fingerprint density at radius 3 is 2.79 bits per heavy atom. The van der Waals surface area contributed by atoms with Crippen molar-refractivity contribution in [3.63, 3.8) is 0 Å². The van der Waals surface area contributed by atoms with Crippen LogP contribution in [0.5, 0.6) is 0 Å². The maximum Gasteiger partial charge on any atom is 0.259 e. The quantitative estimate of drug-likeness (QED) is 0.431. The van der Waals surface area contributed by atoms with Crippen molar-refractivity contribution in [3.05, 3.63) is 82.7 Å². The second-order valence-electron chi connectivity index (χ2n) is 6.42. The van der Waals surface area contributed by atoms with Crippen molar-refractivity contribution in [1.82, 2.24) is 15.0 Å². The van der Waals surface area contributed by atoms with Gasteiger partial charge in [0, 0.05) is 17.0 Å². The van der Waals surface area contributed by atoms with E-state index in [4.69, 9.17) is 4.52 Å². The summed E-state index contributed by atoms with van der Waals surface area (Å²) in [6, 6.07) is 15.6. The number of carbonyl (C=O) groups is 1. The normalized spacial score (nSPS) is 10.9. The first-order valence-corrected chi connectivity index (χ1v) is 9.80. The maximum atomic E-state index is 13.5. The standard InChI is InChI=1S/C22H19N3O2S/c1-3-11-25(14-17-10-7-12-28-17)22(26)18-13-19(16-8-5-4-6-9-16)23-21-20(18)15(2)24-27-21/h3-10,12-13H,1,11,14H2,2H3. The molecule has 0 aliphatic rings. The lowest BCUT2D eigenvalue weighted by molar-refractivity contribution is 0.0766. The second-order valence-corrected chi connectivity index (χ2v) is 7.46. The highest BCUT2D eigenvalue weighted by atomic mass is 32.1. The van der Waals surface area contributed by atoms with E-state index >= 15 is 0 Å². The third-order valence-corrected chi connectivity index (χ3v) is 5.34. The van der Waals surface area contributed by atoms with Crippen molar-refractivity contribution < 1.29 is 9.32 Å². The predicted octanol–water partition coefficient (Wildman–Crippen LogP) is 5.09. The van der Waals surface area contributed by atoms with Gasteiger partial charge in [-0.25, -0.2) is 4.98 Å². The Bertz CT molecular complexity index is 1120. The first kappa shape index (κ1) is 18.1. The number of pyridine rings is 1. The van der Waals surface area contributed by atoms with Gasteiger partial charge in [-0.1, -0.05) is 47.6 Å². The van der Waals surface area contributed by atoms with Gasteiger partial charge in [-0.15, -0.1) is 17.9 Å². The van der Waals surface area contributed by atoms with E-state index in [2.05, 4.69) is 16.7 Å². The van der Waals surface area contributed by atoms with Crippen LogP contribution in [0.3, 0.4) is 0 Å². The van der Waals surface area contributed by atoms with Gasteiger partial charge in [0.1, 0.15) is 0 Å². The minimum Gasteiger partial charge on any atom is -0.335 e. The number of amides is 1. The Balaban J connectivity index is 1.82. The molecule has 4 rings (SSSR count). The molecule has 4 aromatic rings. The van der Waals surface area contributed by atoms with Crippen LogP contribution in [0.2, 0.25) is 0 Å². The summed E-state index contributed by atoms with van der Waals surface area (Å²) >= 11 is 1.63. The summed E-state index contributed by atoms with van der Waals surface area (Å²) in [5.41, 5.74) is 3.17. The largest absolute Gasteiger partial charge is 0.335 e. The Kier molecular flexibility index (Phi) is 5.04. The van der Waals surface area contributed by atoms with E-state index in [0.717, 1.165) is 10.4 Å². The molecule has 0 N–H and O–H groups in total. The molecule has 0 fully saturated rings. The van der Waals surface area contributed by atoms with Crippen LogP contribution in [0.4, 0.5) is 0 Å². The van der Waals surface area contributed by atoms with Crippen molar-refractivity contribution in [1.29, 1.82) is 0 Å². The number of fused-ring (bicyclic) bond motifs is 1. The van der Waals surface area contributed by atoms with Crippen LogP contribution in [-0.2, 0) is 6.54 Å². The predicted molar refractivity (Wildman–Crippen MR) is 111 cm³/mol. The molecule has 0 saturated carbocycles. The molecule has 0 bridgehead atoms. The van der Waals surface area contributed by atoms with Gasteiger partial charge in [0.2, 0.25) is 0 Å². The van der Waals surface area contributed by atoms with E-state index < -0.39 is 0 Å². The molecule has 0 saturated heterocycles. The summed E-state index contributed by atoms with van der Waals surface area (Å²) in [5, 5.41) is 6.69. The van der Waals surface area contributed by atoms with E-state index in [9.17, 15) is 4.79 Å². The molecule has 0 unspecified atom stereocenters. The molecule has 3 aromatic heterocycles. The maximum absolute atomic E-state index is 13.5. The van der Waals surface area contributed by atoms with Crippen LogP contribution in [0, 0.1) is 6.92 Å². The molecule has 3 heterocycles. The lowest BCUT2D eigenvalue weighted by Gasteiger charge is -2.21. The fourth-order valence-electron chi connectivity index (χ4n) is 3.16. The molecule has 0 aliphatic carbocycles. The van der Waals surface area contributed by atoms with Crippen LogP contribution in [0.25, 0.3) is 22.4 Å². The lowest BCUT2D eigenvalue weighted by atomic mass is 10.0. The molecule has 1 aromatic carbocycles. The molecule has 5 nitrogen and oxygen atoms in total. The van der Waals surface area contributed by atoms with Crippen LogP contribution >= 0.6 is 11.3 Å². The summed E-state index contributed by atoms with van der Waals surface area (Å²) < 4.78 is 5.40. The van der Waals surface area contributed by atoms with Crippen molar-refractivity contribution in [2.75, 3.05) is 6.54 Å². The Labute approximate surface area is 166 Å². The molecule has 0 atom stereocenters. The Morgan fingerprint density at radius 2 is 2.07 bits per heavy atom. The highest BCUT2D eigenvalue weighted by Gasteiger charge is 2.23. The third kappa shape index (κ3) is 3.46. The smallest absolute Gasteiger partial charge is 0.259 e. The molecular formula is C22H19N3O2S. The molecule has 0 aliphatic heterocycles. The van der Waals surface area contributed by atoms with Crippen LogP contribution in [0.15, 0.2) is 71.1 Å². The fourth-order valence-corrected chi connectivity index (χ4v) is 3.88. The van der Waals surface area contributed by atoms with Crippen LogP contribution in [0.1, 0.15) is 20.9 Å². The van der Waals surface area contributed by atoms with E-state index in [-0.39, 0.29) is 5.91 Å². The number of hydrogen-bond donors (Lipinski definition) is 0. The topological polar surface area (TPSA) is 59.2 Å². The fraction of sp³-hybridized carbons (Fsp3) is 0.136. The number of benzene rings is 1. The highest BCUT2D eigenvalue weighted by Crippen LogP contribution is 2.28. The van der Waals surface area contributed by atoms with Gasteiger partial charge >= 0.3 is 0 Å². The van der Waals surface area contributed by atoms with Gasteiger partial charge in [0.05, 0.1) is 28.9 Å². The zero-order valence-corrected chi connectivity index (χ0v) is 16.3. The van der Waals surface area contributed by atoms with Crippen molar-refractivity contribution in [3.8, 4) is 11.3 Å². The molecular weight excluding hydrogens is 370 g/mol. The van der Waals surface area contributed by atoms with Crippen LogP contribution in [-0.4, -0.2) is 27.5 Å². The lowest BCUT2D eigenvalue weighted by Crippen LogP contribution is -2.30. The average molecular weight is 389 g/mol. The molecule has 140 valence electrons. The van der Waals surface area contributed by atoms with Crippen molar-refractivity contribution in [2.24, 2.45) is 0 Å². The number of carbonyl (C=O) groups excluding carboxylic acids is 1. The Hall–Kier alpha value is -3.25. The number of nitrogens with zero attached hydrogens (tertiary/aromatic N) is 3. The Morgan fingerprint density at radius 1 is 1.25 bits per heavy atom. The number of rotatable bonds is 6. The van der Waals surface area contributed by atoms with Gasteiger partial charge < -0.3 is 9.42 Å². The van der Waals surface area contributed by atoms with Gasteiger partial charge in [-0.05, 0) is 24.4 Å². The number of hydrogen-bond acceptors (Lipinski definition) is 5. The number of aromatic nitrogens is 2. The molecule has 1 amide bonds. The highest BCUT2D eigenvalue weighted by molar-refractivity contribution is 7.09. The number of thiophene rings is 1. The van der Waals surface area contributed by atoms with E-state index in [1.54, 1.807) is 22.3 Å². The minimum absolute atomic E-state index is 0.0934. The molecule has 28 heavy (non-hydrogen) atoms. The molecule has 0 spiro atoms. The van der Waals surface area contributed by atoms with Gasteiger partial charge in [-0.2, -0.15) is 0 Å². The average Bonchev–Trinajstić information content (AvgIpc) is 3.37. The summed E-state index contributed by atoms with van der Waals surface area (Å²) in [4.78, 5) is 21.0. The first-order valence-electron chi connectivity index (χ1n) is 8.92. The van der Waals surface area contributed by atoms with Gasteiger partial charge in [0.25, 0.3) is 11.6 Å². The van der Waals surface area contributed by atoms with Crippen molar-refractivity contribution >= 4 is 28.3 Å². The first-order chi connectivity index (χ1) is 13.7. The minimum atomic E-state index is -0.0934. The summed E-state index contributed by atoms with van der Waals surface area (Å²) in [6.07, 6.45) is 1.74. The van der Waals surface area contributed by atoms with Gasteiger partial charge in [0.15, 0.2) is 0 Å². The van der Waals surface area contributed by atoms with E-state index in [1.807, 2.05) is 60.8 Å². The monoisotopic (exact) mass is 389 g/mol. The molecule has 0 radical (unpaired) electrons. The zero-order valence-electron chi connectivity index (χ0n) is 15.5. The SMILES string of the molecule is C=CCN(Cc1cccs1)C(=O)c1cc(-c2ccccc2)nc2onc(C)c12. The third-order valence-electron chi connectivity index (χ3n) is 4.48. The van der Waals surface area contributed by atoms with Crippen molar-refractivity contribution in [2.45, 2.75) is 13.5 Å². The zero-order chi connectivity index (χ0) is 19.5. The van der Waals surface area contributed by atoms with E-state index in [0.29, 0.717) is 41.1 Å². The summed E-state index contributed by atoms with van der Waals surface area (Å²) in [7, 11) is 0. The summed E-state index contributed by atoms with van der Waals surface area (Å²) in [6.45, 7) is 6.61. The van der Waals surface area contributed by atoms with Gasteiger partial charge in [-0.3, -0.25) is 4.79 Å². The van der Waals surface area contributed by atoms with Crippen LogP contribution < -0.4 is 0 Å².